The van der Waals surface area contributed by atoms with Gasteiger partial charge in [0.05, 0.1) is 0 Å². The van der Waals surface area contributed by atoms with Crippen molar-refractivity contribution in [3.63, 3.8) is 0 Å². The first kappa shape index (κ1) is 11.2. The van der Waals surface area contributed by atoms with Crippen LogP contribution in [0.1, 0.15) is 49.0 Å². The molecule has 15 heavy (non-hydrogen) atoms. The maximum absolute atomic E-state index is 3.70. The van der Waals surface area contributed by atoms with Crippen molar-refractivity contribution < 1.29 is 0 Å². The Bertz CT molecular complexity index is 305. The third-order valence-corrected chi connectivity index (χ3v) is 4.56. The van der Waals surface area contributed by atoms with Gasteiger partial charge in [-0.15, -0.1) is 11.3 Å². The van der Waals surface area contributed by atoms with Crippen molar-refractivity contribution >= 4 is 11.3 Å². The molecule has 1 aromatic heterocycles. The Kier molecular flexibility index (Phi) is 3.81. The number of thiophene rings is 1. The lowest BCUT2D eigenvalue weighted by Crippen LogP contribution is -2.31. The van der Waals surface area contributed by atoms with Gasteiger partial charge in [-0.05, 0) is 49.7 Å². The average molecular weight is 223 g/mol. The van der Waals surface area contributed by atoms with Crippen molar-refractivity contribution in [1.82, 2.24) is 5.32 Å². The summed E-state index contributed by atoms with van der Waals surface area (Å²) in [5, 5.41) is 5.94. The summed E-state index contributed by atoms with van der Waals surface area (Å²) in [7, 11) is 0. The van der Waals surface area contributed by atoms with Crippen LogP contribution < -0.4 is 5.32 Å². The van der Waals surface area contributed by atoms with Gasteiger partial charge in [0.15, 0.2) is 0 Å². The van der Waals surface area contributed by atoms with Crippen LogP contribution in [-0.4, -0.2) is 12.6 Å². The van der Waals surface area contributed by atoms with E-state index in [4.69, 9.17) is 0 Å². The highest BCUT2D eigenvalue weighted by Crippen LogP contribution is 2.38. The molecule has 1 saturated carbocycles. The molecule has 0 saturated heterocycles. The van der Waals surface area contributed by atoms with E-state index in [1.54, 1.807) is 4.88 Å². The molecule has 0 aromatic carbocycles. The molecule has 1 aromatic rings. The largest absolute Gasteiger partial charge is 0.313 e. The van der Waals surface area contributed by atoms with E-state index in [1.807, 2.05) is 11.3 Å². The SMILES string of the molecule is CCCNC1CCCC1c1sccc1C. The minimum atomic E-state index is 0.738. The van der Waals surface area contributed by atoms with Gasteiger partial charge in [0.1, 0.15) is 0 Å². The number of hydrogen-bond acceptors (Lipinski definition) is 2. The Morgan fingerprint density at radius 3 is 3.00 bits per heavy atom. The van der Waals surface area contributed by atoms with Gasteiger partial charge < -0.3 is 5.32 Å². The van der Waals surface area contributed by atoms with Gasteiger partial charge in [-0.3, -0.25) is 0 Å². The van der Waals surface area contributed by atoms with Gasteiger partial charge in [-0.25, -0.2) is 0 Å². The first-order chi connectivity index (χ1) is 7.33. The van der Waals surface area contributed by atoms with Gasteiger partial charge in [0.25, 0.3) is 0 Å². The minimum absolute atomic E-state index is 0.738. The fourth-order valence-corrected chi connectivity index (χ4v) is 3.74. The van der Waals surface area contributed by atoms with E-state index in [9.17, 15) is 0 Å². The van der Waals surface area contributed by atoms with Crippen LogP contribution in [0.5, 0.6) is 0 Å². The van der Waals surface area contributed by atoms with Crippen LogP contribution >= 0.6 is 11.3 Å². The molecule has 1 N–H and O–H groups in total. The second-order valence-electron chi connectivity index (χ2n) is 4.57. The predicted molar refractivity (Wildman–Crippen MR) is 67.7 cm³/mol. The third-order valence-electron chi connectivity index (χ3n) is 3.41. The van der Waals surface area contributed by atoms with Gasteiger partial charge in [0.2, 0.25) is 0 Å². The fourth-order valence-electron chi connectivity index (χ4n) is 2.61. The molecule has 1 aliphatic carbocycles. The lowest BCUT2D eigenvalue weighted by molar-refractivity contribution is 0.482. The zero-order chi connectivity index (χ0) is 10.7. The quantitative estimate of drug-likeness (QED) is 0.821. The maximum atomic E-state index is 3.70. The van der Waals surface area contributed by atoms with Crippen LogP contribution in [0.2, 0.25) is 0 Å². The highest BCUT2D eigenvalue weighted by molar-refractivity contribution is 7.10. The third kappa shape index (κ3) is 2.43. The van der Waals surface area contributed by atoms with E-state index < -0.39 is 0 Å². The summed E-state index contributed by atoms with van der Waals surface area (Å²) < 4.78 is 0. The first-order valence-corrected chi connectivity index (χ1v) is 6.98. The molecule has 0 amide bonds. The standard InChI is InChI=1S/C13H21NS/c1-3-8-14-12-6-4-5-11(12)13-10(2)7-9-15-13/h7,9,11-12,14H,3-6,8H2,1-2H3. The molecule has 2 rings (SSSR count). The summed E-state index contributed by atoms with van der Waals surface area (Å²) in [6.45, 7) is 5.67. The van der Waals surface area contributed by atoms with E-state index in [1.165, 1.54) is 37.8 Å². The summed E-state index contributed by atoms with van der Waals surface area (Å²) in [5.41, 5.74) is 1.50. The van der Waals surface area contributed by atoms with Crippen LogP contribution in [-0.2, 0) is 0 Å². The Labute approximate surface area is 96.9 Å². The van der Waals surface area contributed by atoms with E-state index in [-0.39, 0.29) is 0 Å². The summed E-state index contributed by atoms with van der Waals surface area (Å²) in [6.07, 6.45) is 5.38. The highest BCUT2D eigenvalue weighted by Gasteiger charge is 2.29. The van der Waals surface area contributed by atoms with Crippen molar-refractivity contribution in [2.24, 2.45) is 0 Å². The molecule has 2 unspecified atom stereocenters. The van der Waals surface area contributed by atoms with Gasteiger partial charge >= 0.3 is 0 Å². The van der Waals surface area contributed by atoms with Gasteiger partial charge in [-0.1, -0.05) is 13.3 Å². The average Bonchev–Trinajstić information content (AvgIpc) is 2.82. The second-order valence-corrected chi connectivity index (χ2v) is 5.51. The van der Waals surface area contributed by atoms with E-state index >= 15 is 0 Å². The molecule has 1 aliphatic rings. The van der Waals surface area contributed by atoms with Crippen LogP contribution in [0.15, 0.2) is 11.4 Å². The molecular weight excluding hydrogens is 202 g/mol. The summed E-state index contributed by atoms with van der Waals surface area (Å²) in [5.74, 6) is 0.788. The number of nitrogens with one attached hydrogen (secondary N) is 1. The highest BCUT2D eigenvalue weighted by atomic mass is 32.1. The Morgan fingerprint density at radius 2 is 2.33 bits per heavy atom. The summed E-state index contributed by atoms with van der Waals surface area (Å²) in [6, 6.07) is 3.00. The zero-order valence-electron chi connectivity index (χ0n) is 9.75. The van der Waals surface area contributed by atoms with Crippen molar-refractivity contribution in [3.05, 3.63) is 21.9 Å². The predicted octanol–water partition coefficient (Wildman–Crippen LogP) is 3.69. The first-order valence-electron chi connectivity index (χ1n) is 6.10. The summed E-state index contributed by atoms with van der Waals surface area (Å²) >= 11 is 1.94. The van der Waals surface area contributed by atoms with Gasteiger partial charge in [-0.2, -0.15) is 0 Å². The molecule has 2 atom stereocenters. The van der Waals surface area contributed by atoms with Crippen LogP contribution in [0, 0.1) is 6.92 Å². The lowest BCUT2D eigenvalue weighted by Gasteiger charge is -2.20. The van der Waals surface area contributed by atoms with E-state index in [0.29, 0.717) is 0 Å². The monoisotopic (exact) mass is 223 g/mol. The molecular formula is C13H21NS. The molecule has 1 heterocycles. The topological polar surface area (TPSA) is 12.0 Å². The summed E-state index contributed by atoms with van der Waals surface area (Å²) in [4.78, 5) is 1.63. The molecule has 0 spiro atoms. The van der Waals surface area contributed by atoms with Crippen molar-refractivity contribution in [3.8, 4) is 0 Å². The lowest BCUT2D eigenvalue weighted by atomic mass is 9.99. The van der Waals surface area contributed by atoms with Crippen LogP contribution in [0.25, 0.3) is 0 Å². The minimum Gasteiger partial charge on any atom is -0.313 e. The van der Waals surface area contributed by atoms with E-state index in [2.05, 4.69) is 30.6 Å². The molecule has 0 bridgehead atoms. The van der Waals surface area contributed by atoms with E-state index in [0.717, 1.165) is 12.0 Å². The molecule has 1 nitrogen and oxygen atoms in total. The fraction of sp³-hybridized carbons (Fsp3) is 0.692. The smallest absolute Gasteiger partial charge is 0.0144 e. The Hall–Kier alpha value is -0.340. The normalized spacial score (nSPS) is 26.0. The second kappa shape index (κ2) is 5.13. The van der Waals surface area contributed by atoms with Crippen molar-refractivity contribution in [2.45, 2.75) is 51.5 Å². The molecule has 0 aliphatic heterocycles. The number of aryl methyl sites for hydroxylation is 1. The molecule has 0 radical (unpaired) electrons. The van der Waals surface area contributed by atoms with Crippen LogP contribution in [0.4, 0.5) is 0 Å². The Morgan fingerprint density at radius 1 is 1.47 bits per heavy atom. The molecule has 84 valence electrons. The molecule has 2 heteroatoms. The number of hydrogen-bond donors (Lipinski definition) is 1. The van der Waals surface area contributed by atoms with Crippen molar-refractivity contribution in [2.75, 3.05) is 6.54 Å². The zero-order valence-corrected chi connectivity index (χ0v) is 10.6. The van der Waals surface area contributed by atoms with Crippen LogP contribution in [0.3, 0.4) is 0 Å². The maximum Gasteiger partial charge on any atom is 0.0144 e. The Balaban J connectivity index is 2.04. The van der Waals surface area contributed by atoms with Gasteiger partial charge in [0, 0.05) is 16.8 Å². The molecule has 1 fully saturated rings. The van der Waals surface area contributed by atoms with Crippen molar-refractivity contribution in [1.29, 1.82) is 0 Å². The number of rotatable bonds is 4.